The number of nitrogens with one attached hydrogen (secondary N) is 1. The van der Waals surface area contributed by atoms with Gasteiger partial charge in [0.15, 0.2) is 0 Å². The molecule has 0 bridgehead atoms. The Kier molecular flexibility index (Phi) is 4.09. The van der Waals surface area contributed by atoms with E-state index < -0.39 is 10.8 Å². The molecule has 0 radical (unpaired) electrons. The molecule has 0 atom stereocenters. The van der Waals surface area contributed by atoms with Crippen LogP contribution in [-0.4, -0.2) is 10.8 Å². The van der Waals surface area contributed by atoms with Gasteiger partial charge in [-0.2, -0.15) is 0 Å². The minimum atomic E-state index is -0.582. The zero-order valence-corrected chi connectivity index (χ0v) is 11.8. The quantitative estimate of drug-likeness (QED) is 0.516. The summed E-state index contributed by atoms with van der Waals surface area (Å²) >= 11 is 5.98. The number of halogens is 1. The lowest BCUT2D eigenvalue weighted by atomic mass is 10.1. The van der Waals surface area contributed by atoms with Gasteiger partial charge in [0, 0.05) is 28.5 Å². The molecule has 2 aromatic carbocycles. The molecule has 108 valence electrons. The van der Waals surface area contributed by atoms with E-state index in [4.69, 9.17) is 17.3 Å². The Hall–Kier alpha value is -2.60. The maximum atomic E-state index is 12.2. The highest BCUT2D eigenvalue weighted by Crippen LogP contribution is 2.25. The average Bonchev–Trinajstić information content (AvgIpc) is 2.44. The number of anilines is 2. The van der Waals surface area contributed by atoms with Gasteiger partial charge in [-0.25, -0.2) is 0 Å². The van der Waals surface area contributed by atoms with Crippen molar-refractivity contribution < 1.29 is 9.72 Å². The van der Waals surface area contributed by atoms with Crippen molar-refractivity contribution in [3.05, 3.63) is 62.7 Å². The summed E-state index contributed by atoms with van der Waals surface area (Å²) in [5.74, 6) is -0.526. The van der Waals surface area contributed by atoms with E-state index in [2.05, 4.69) is 5.32 Å². The highest BCUT2D eigenvalue weighted by atomic mass is 35.5. The maximum absolute atomic E-state index is 12.2. The molecule has 0 saturated heterocycles. The molecular weight excluding hydrogens is 294 g/mol. The summed E-state index contributed by atoms with van der Waals surface area (Å²) in [7, 11) is 0. The summed E-state index contributed by atoms with van der Waals surface area (Å²) in [6.07, 6.45) is 0. The van der Waals surface area contributed by atoms with Crippen molar-refractivity contribution in [3.63, 3.8) is 0 Å². The smallest absolute Gasteiger partial charge is 0.270 e. The van der Waals surface area contributed by atoms with Crippen molar-refractivity contribution in [2.24, 2.45) is 0 Å². The predicted molar refractivity (Wildman–Crippen MR) is 81.7 cm³/mol. The largest absolute Gasteiger partial charge is 0.398 e. The number of nitrogens with two attached hydrogens (primary N) is 1. The van der Waals surface area contributed by atoms with E-state index in [9.17, 15) is 14.9 Å². The summed E-state index contributed by atoms with van der Waals surface area (Å²) < 4.78 is 0. The molecule has 0 heterocycles. The van der Waals surface area contributed by atoms with Gasteiger partial charge in [0.2, 0.25) is 0 Å². The van der Waals surface area contributed by atoms with E-state index in [0.29, 0.717) is 16.3 Å². The van der Waals surface area contributed by atoms with Crippen molar-refractivity contribution in [1.82, 2.24) is 0 Å². The standard InChI is InChI=1S/C14H12ClN3O3/c1-8-11(15)3-2-4-13(8)17-14(19)10-7-9(18(20)21)5-6-12(10)16/h2-7H,16H2,1H3,(H,17,19). The fraction of sp³-hybridized carbons (Fsp3) is 0.0714. The van der Waals surface area contributed by atoms with Crippen LogP contribution < -0.4 is 11.1 Å². The van der Waals surface area contributed by atoms with E-state index in [-0.39, 0.29) is 16.9 Å². The summed E-state index contributed by atoms with van der Waals surface area (Å²) in [5.41, 5.74) is 6.95. The van der Waals surface area contributed by atoms with Crippen LogP contribution in [0.4, 0.5) is 17.1 Å². The molecule has 0 aliphatic heterocycles. The molecule has 2 aromatic rings. The molecule has 0 unspecified atom stereocenters. The lowest BCUT2D eigenvalue weighted by Gasteiger charge is -2.10. The van der Waals surface area contributed by atoms with Gasteiger partial charge >= 0.3 is 0 Å². The normalized spacial score (nSPS) is 10.2. The first kappa shape index (κ1) is 14.8. The first-order valence-electron chi connectivity index (χ1n) is 6.00. The number of nitrogen functional groups attached to an aromatic ring is 1. The highest BCUT2D eigenvalue weighted by molar-refractivity contribution is 6.31. The van der Waals surface area contributed by atoms with Crippen molar-refractivity contribution >= 4 is 34.6 Å². The van der Waals surface area contributed by atoms with Crippen LogP contribution in [0.25, 0.3) is 0 Å². The van der Waals surface area contributed by atoms with Gasteiger partial charge in [-0.3, -0.25) is 14.9 Å². The first-order chi connectivity index (χ1) is 9.90. The van der Waals surface area contributed by atoms with E-state index >= 15 is 0 Å². The van der Waals surface area contributed by atoms with Gasteiger partial charge in [0.1, 0.15) is 0 Å². The Morgan fingerprint density at radius 3 is 2.71 bits per heavy atom. The average molecular weight is 306 g/mol. The highest BCUT2D eigenvalue weighted by Gasteiger charge is 2.16. The fourth-order valence-electron chi connectivity index (χ4n) is 1.79. The summed E-state index contributed by atoms with van der Waals surface area (Å²) in [5, 5.41) is 13.9. The van der Waals surface area contributed by atoms with Crippen LogP contribution in [0.3, 0.4) is 0 Å². The van der Waals surface area contributed by atoms with Crippen LogP contribution in [0.1, 0.15) is 15.9 Å². The monoisotopic (exact) mass is 305 g/mol. The SMILES string of the molecule is Cc1c(Cl)cccc1NC(=O)c1cc([N+](=O)[O-])ccc1N. The molecule has 21 heavy (non-hydrogen) atoms. The van der Waals surface area contributed by atoms with E-state index in [0.717, 1.165) is 6.07 Å². The van der Waals surface area contributed by atoms with Crippen LogP contribution in [-0.2, 0) is 0 Å². The van der Waals surface area contributed by atoms with Gasteiger partial charge in [-0.15, -0.1) is 0 Å². The van der Waals surface area contributed by atoms with Gasteiger partial charge in [-0.05, 0) is 30.7 Å². The number of carbonyl (C=O) groups excluding carboxylic acids is 1. The second kappa shape index (κ2) is 5.80. The van der Waals surface area contributed by atoms with Crippen molar-refractivity contribution in [2.45, 2.75) is 6.92 Å². The van der Waals surface area contributed by atoms with Crippen molar-refractivity contribution in [3.8, 4) is 0 Å². The molecule has 0 aromatic heterocycles. The Bertz CT molecular complexity index is 731. The zero-order chi connectivity index (χ0) is 15.6. The van der Waals surface area contributed by atoms with Gasteiger partial charge in [-0.1, -0.05) is 17.7 Å². The predicted octanol–water partition coefficient (Wildman–Crippen LogP) is 3.39. The molecule has 0 spiro atoms. The minimum Gasteiger partial charge on any atom is -0.398 e. The summed E-state index contributed by atoms with van der Waals surface area (Å²) in [4.78, 5) is 22.4. The number of rotatable bonds is 3. The number of hydrogen-bond acceptors (Lipinski definition) is 4. The Morgan fingerprint density at radius 2 is 2.05 bits per heavy atom. The topological polar surface area (TPSA) is 98.3 Å². The fourth-order valence-corrected chi connectivity index (χ4v) is 1.96. The number of benzene rings is 2. The Labute approximate surface area is 125 Å². The molecule has 7 heteroatoms. The third-order valence-electron chi connectivity index (χ3n) is 3.01. The molecular formula is C14H12ClN3O3. The minimum absolute atomic E-state index is 0.0450. The molecule has 0 fully saturated rings. The second-order valence-corrected chi connectivity index (χ2v) is 4.80. The summed E-state index contributed by atoms with van der Waals surface area (Å²) in [6, 6.07) is 8.81. The molecule has 3 N–H and O–H groups in total. The summed E-state index contributed by atoms with van der Waals surface area (Å²) in [6.45, 7) is 1.76. The molecule has 0 aliphatic rings. The Balaban J connectivity index is 2.34. The zero-order valence-electron chi connectivity index (χ0n) is 11.1. The molecule has 0 aliphatic carbocycles. The third kappa shape index (κ3) is 3.11. The van der Waals surface area contributed by atoms with Crippen LogP contribution in [0, 0.1) is 17.0 Å². The number of amides is 1. The molecule has 6 nitrogen and oxygen atoms in total. The van der Waals surface area contributed by atoms with E-state index in [1.807, 2.05) is 0 Å². The molecule has 2 rings (SSSR count). The Morgan fingerprint density at radius 1 is 1.33 bits per heavy atom. The lowest BCUT2D eigenvalue weighted by Crippen LogP contribution is -2.15. The van der Waals surface area contributed by atoms with E-state index in [1.165, 1.54) is 12.1 Å². The number of nitro groups is 1. The number of nitro benzene ring substituents is 1. The van der Waals surface area contributed by atoms with Gasteiger partial charge < -0.3 is 11.1 Å². The van der Waals surface area contributed by atoms with Crippen molar-refractivity contribution in [2.75, 3.05) is 11.1 Å². The maximum Gasteiger partial charge on any atom is 0.270 e. The third-order valence-corrected chi connectivity index (χ3v) is 3.42. The molecule has 1 amide bonds. The van der Waals surface area contributed by atoms with Crippen LogP contribution in [0.5, 0.6) is 0 Å². The van der Waals surface area contributed by atoms with Gasteiger partial charge in [0.25, 0.3) is 11.6 Å². The van der Waals surface area contributed by atoms with Crippen molar-refractivity contribution in [1.29, 1.82) is 0 Å². The number of nitrogens with zero attached hydrogens (tertiary/aromatic N) is 1. The lowest BCUT2D eigenvalue weighted by molar-refractivity contribution is -0.384. The number of carbonyl (C=O) groups is 1. The van der Waals surface area contributed by atoms with Crippen LogP contribution >= 0.6 is 11.6 Å². The van der Waals surface area contributed by atoms with Gasteiger partial charge in [0.05, 0.1) is 10.5 Å². The number of non-ortho nitro benzene ring substituents is 1. The van der Waals surface area contributed by atoms with E-state index in [1.54, 1.807) is 25.1 Å². The first-order valence-corrected chi connectivity index (χ1v) is 6.38. The van der Waals surface area contributed by atoms with Crippen LogP contribution in [0.15, 0.2) is 36.4 Å². The number of hydrogen-bond donors (Lipinski definition) is 2. The molecule has 0 saturated carbocycles. The second-order valence-electron chi connectivity index (χ2n) is 4.40. The van der Waals surface area contributed by atoms with Crippen LogP contribution in [0.2, 0.25) is 5.02 Å².